The standard InChI is InChI=1S/C8H17O3PS/c1-10-7-3-5-11-8(7)4-6-12(2,9)13/h7-8H,3-6H2,1-2H3,(H,9,13)/p-1/t7?,8-,12?/m1/s1/i5T/t5-,7?,8+,12?/m0. The molecule has 0 N–H and O–H groups in total. The van der Waals surface area contributed by atoms with Gasteiger partial charge in [-0.05, 0) is 25.7 Å². The van der Waals surface area contributed by atoms with Crippen molar-refractivity contribution in [3.8, 4) is 0 Å². The van der Waals surface area contributed by atoms with E-state index in [0.29, 0.717) is 19.0 Å². The second kappa shape index (κ2) is 4.85. The predicted octanol–water partition coefficient (Wildman–Crippen LogP) is 0.565. The van der Waals surface area contributed by atoms with Crippen LogP contribution in [0.5, 0.6) is 0 Å². The van der Waals surface area contributed by atoms with E-state index in [2.05, 4.69) is 0 Å². The summed E-state index contributed by atoms with van der Waals surface area (Å²) in [6, 6.07) is 0. The highest BCUT2D eigenvalue weighted by molar-refractivity contribution is 8.10. The first-order valence-electron chi connectivity index (χ1n) is 4.88. The molecular formula is C8H16O3PS-. The van der Waals surface area contributed by atoms with Crippen LogP contribution >= 0.6 is 6.26 Å². The highest BCUT2D eigenvalue weighted by Crippen LogP contribution is 2.33. The van der Waals surface area contributed by atoms with E-state index in [0.717, 1.165) is 0 Å². The molecule has 0 saturated carbocycles. The maximum atomic E-state index is 11.3. The molecule has 1 saturated heterocycles. The largest absolute Gasteiger partial charge is 0.821 e. The van der Waals surface area contributed by atoms with Gasteiger partial charge in [-0.15, -0.1) is 18.1 Å². The Hall–Kier alpha value is 0.530. The van der Waals surface area contributed by atoms with E-state index < -0.39 is 12.8 Å². The van der Waals surface area contributed by atoms with Crippen LogP contribution in [0.3, 0.4) is 0 Å². The van der Waals surface area contributed by atoms with Gasteiger partial charge in [0, 0.05) is 13.7 Å². The van der Waals surface area contributed by atoms with E-state index >= 15 is 0 Å². The van der Waals surface area contributed by atoms with Crippen molar-refractivity contribution in [2.24, 2.45) is 0 Å². The highest BCUT2D eigenvalue weighted by atomic mass is 32.4. The molecular weight excluding hydrogens is 207 g/mol. The van der Waals surface area contributed by atoms with Crippen molar-refractivity contribution in [3.63, 3.8) is 0 Å². The lowest BCUT2D eigenvalue weighted by atomic mass is 10.1. The van der Waals surface area contributed by atoms with Crippen molar-refractivity contribution in [3.05, 3.63) is 0 Å². The molecule has 0 aliphatic carbocycles. The minimum absolute atomic E-state index is 0.0425. The molecule has 78 valence electrons. The third-order valence-electron chi connectivity index (χ3n) is 2.14. The normalized spacial score (nSPS) is 39.9. The third-order valence-corrected chi connectivity index (χ3v) is 3.76. The first-order valence-corrected chi connectivity index (χ1v) is 7.65. The van der Waals surface area contributed by atoms with Gasteiger partial charge >= 0.3 is 0 Å². The summed E-state index contributed by atoms with van der Waals surface area (Å²) in [5.41, 5.74) is 0. The molecule has 0 aromatic rings. The second-order valence-electron chi connectivity index (χ2n) is 3.38. The predicted molar refractivity (Wildman–Crippen MR) is 54.8 cm³/mol. The molecule has 1 fully saturated rings. The maximum absolute atomic E-state index is 11.3. The van der Waals surface area contributed by atoms with Crippen LogP contribution < -0.4 is 4.89 Å². The van der Waals surface area contributed by atoms with E-state index in [-0.39, 0.29) is 12.2 Å². The number of ether oxygens (including phenoxy) is 2. The monoisotopic (exact) mass is 225 g/mol. The lowest BCUT2D eigenvalue weighted by Crippen LogP contribution is -2.24. The van der Waals surface area contributed by atoms with Gasteiger partial charge in [0.05, 0.1) is 13.6 Å². The average molecular weight is 225 g/mol. The van der Waals surface area contributed by atoms with Crippen LogP contribution in [-0.2, 0) is 21.3 Å². The minimum atomic E-state index is -2.39. The molecule has 13 heavy (non-hydrogen) atoms. The van der Waals surface area contributed by atoms with Crippen molar-refractivity contribution in [1.29, 1.82) is 0 Å². The topological polar surface area (TPSA) is 41.5 Å². The van der Waals surface area contributed by atoms with E-state index in [1.54, 1.807) is 13.8 Å². The van der Waals surface area contributed by atoms with Gasteiger partial charge in [0.15, 0.2) is 0 Å². The SMILES string of the molecule is [3H][C@H]1CC(OC)[C@@H](CCP(C)([O-])=S)O1. The van der Waals surface area contributed by atoms with Crippen LogP contribution in [-0.4, -0.2) is 38.7 Å². The van der Waals surface area contributed by atoms with Gasteiger partial charge in [0.25, 0.3) is 0 Å². The lowest BCUT2D eigenvalue weighted by Gasteiger charge is -2.25. The Morgan fingerprint density at radius 3 is 3.08 bits per heavy atom. The van der Waals surface area contributed by atoms with Gasteiger partial charge in [-0.3, -0.25) is 0 Å². The maximum Gasteiger partial charge on any atom is 0.0854 e. The molecule has 1 rings (SSSR count). The summed E-state index contributed by atoms with van der Waals surface area (Å²) in [4.78, 5) is 11.3. The van der Waals surface area contributed by atoms with Crippen LogP contribution in [0.2, 0.25) is 0 Å². The number of hydrogen-bond acceptors (Lipinski definition) is 4. The van der Waals surface area contributed by atoms with Crippen LogP contribution in [0.4, 0.5) is 0 Å². The smallest absolute Gasteiger partial charge is 0.0854 e. The Balaban J connectivity index is 2.40. The molecule has 0 radical (unpaired) electrons. The number of hydrogen-bond donors (Lipinski definition) is 0. The fraction of sp³-hybridized carbons (Fsp3) is 1.00. The quantitative estimate of drug-likeness (QED) is 0.656. The summed E-state index contributed by atoms with van der Waals surface area (Å²) in [6.07, 6.45) is -0.837. The average Bonchev–Trinajstić information content (AvgIpc) is 2.41. The second-order valence-corrected chi connectivity index (χ2v) is 8.17. The van der Waals surface area contributed by atoms with Crippen LogP contribution in [0.25, 0.3) is 0 Å². The van der Waals surface area contributed by atoms with Gasteiger partial charge in [-0.1, -0.05) is 0 Å². The first-order chi connectivity index (χ1) is 6.42. The summed E-state index contributed by atoms with van der Waals surface area (Å²) < 4.78 is 18.0. The Morgan fingerprint density at radius 1 is 1.85 bits per heavy atom. The van der Waals surface area contributed by atoms with Crippen LogP contribution in [0, 0.1) is 0 Å². The van der Waals surface area contributed by atoms with Crippen molar-refractivity contribution < 1.29 is 15.7 Å². The Kier molecular flexibility index (Phi) is 3.75. The van der Waals surface area contributed by atoms with Crippen LogP contribution in [0.1, 0.15) is 14.2 Å². The van der Waals surface area contributed by atoms with Gasteiger partial charge in [-0.2, -0.15) is 0 Å². The van der Waals surface area contributed by atoms with Gasteiger partial charge in [0.1, 0.15) is 0 Å². The van der Waals surface area contributed by atoms with E-state index in [1.165, 1.54) is 0 Å². The molecule has 0 amide bonds. The zero-order valence-corrected chi connectivity index (χ0v) is 9.64. The molecule has 1 heterocycles. The van der Waals surface area contributed by atoms with Gasteiger partial charge in [0.2, 0.25) is 0 Å². The Morgan fingerprint density at radius 2 is 2.54 bits per heavy atom. The third kappa shape index (κ3) is 4.05. The zero-order valence-electron chi connectivity index (χ0n) is 8.93. The molecule has 1 aliphatic heterocycles. The van der Waals surface area contributed by atoms with Gasteiger partial charge < -0.3 is 14.4 Å². The molecule has 0 spiro atoms. The molecule has 4 atom stereocenters. The van der Waals surface area contributed by atoms with Crippen molar-refractivity contribution >= 4 is 18.1 Å². The Bertz CT molecular complexity index is 233. The molecule has 0 bridgehead atoms. The summed E-state index contributed by atoms with van der Waals surface area (Å²) in [5, 5.41) is 0. The molecule has 0 aromatic carbocycles. The summed E-state index contributed by atoms with van der Waals surface area (Å²) in [7, 11) is 1.61. The fourth-order valence-corrected chi connectivity index (χ4v) is 2.42. The number of rotatable bonds is 4. The minimum Gasteiger partial charge on any atom is -0.821 e. The molecule has 1 aliphatic rings. The summed E-state index contributed by atoms with van der Waals surface area (Å²) in [5.74, 6) is 0. The van der Waals surface area contributed by atoms with Crippen molar-refractivity contribution in [1.82, 2.24) is 0 Å². The van der Waals surface area contributed by atoms with Crippen molar-refractivity contribution in [2.45, 2.75) is 25.0 Å². The van der Waals surface area contributed by atoms with E-state index in [4.69, 9.17) is 22.7 Å². The zero-order chi connectivity index (χ0) is 10.8. The van der Waals surface area contributed by atoms with Crippen molar-refractivity contribution in [2.75, 3.05) is 26.5 Å². The summed E-state index contributed by atoms with van der Waals surface area (Å²) >= 11 is 4.84. The molecule has 5 heteroatoms. The molecule has 2 unspecified atom stereocenters. The Labute approximate surface area is 85.9 Å². The lowest BCUT2D eigenvalue weighted by molar-refractivity contribution is -0.160. The van der Waals surface area contributed by atoms with E-state index in [9.17, 15) is 4.89 Å². The highest BCUT2D eigenvalue weighted by Gasteiger charge is 2.27. The van der Waals surface area contributed by atoms with E-state index in [1.807, 2.05) is 0 Å². The number of methoxy groups -OCH3 is 1. The molecule has 0 aromatic heterocycles. The first kappa shape index (κ1) is 10.1. The van der Waals surface area contributed by atoms with Gasteiger partial charge in [-0.25, -0.2) is 0 Å². The summed E-state index contributed by atoms with van der Waals surface area (Å²) in [6.45, 7) is 1.09. The van der Waals surface area contributed by atoms with Crippen LogP contribution in [0.15, 0.2) is 0 Å². The fourth-order valence-electron chi connectivity index (χ4n) is 1.38. The molecule has 3 nitrogen and oxygen atoms in total.